The molecule has 0 saturated heterocycles. The number of fused-ring (bicyclic) bond motifs is 2. The molecule has 0 fully saturated rings. The number of carboxylic acid groups (broad SMARTS) is 1. The molecule has 0 bridgehead atoms. The Balaban J connectivity index is 1.16. The largest absolute Gasteiger partial charge is 0.478 e. The molecular formula is C65H86N10O11. The van der Waals surface area contributed by atoms with Crippen LogP contribution in [0.4, 0.5) is 26.7 Å². The lowest BCUT2D eigenvalue weighted by molar-refractivity contribution is -0.141. The van der Waals surface area contributed by atoms with E-state index in [1.54, 1.807) is 87.4 Å². The van der Waals surface area contributed by atoms with Crippen LogP contribution in [0.25, 0.3) is 12.2 Å². The fourth-order valence-corrected chi connectivity index (χ4v) is 10.0. The summed E-state index contributed by atoms with van der Waals surface area (Å²) in [5, 5.41) is 29.2. The van der Waals surface area contributed by atoms with Gasteiger partial charge in [-0.1, -0.05) is 147 Å². The van der Waals surface area contributed by atoms with Crippen LogP contribution in [0.5, 0.6) is 0 Å². The molecule has 1 aliphatic heterocycles. The van der Waals surface area contributed by atoms with Gasteiger partial charge in [0.1, 0.15) is 24.7 Å². The van der Waals surface area contributed by atoms with Gasteiger partial charge in [-0.3, -0.25) is 34.1 Å². The maximum Gasteiger partial charge on any atom is 0.411 e. The van der Waals surface area contributed by atoms with Gasteiger partial charge in [0.05, 0.1) is 24.3 Å². The number of nitrogens with zero attached hydrogens (tertiary/aromatic N) is 2. The van der Waals surface area contributed by atoms with Crippen LogP contribution in [-0.4, -0.2) is 114 Å². The fourth-order valence-electron chi connectivity index (χ4n) is 10.0. The van der Waals surface area contributed by atoms with Crippen molar-refractivity contribution in [1.82, 2.24) is 31.5 Å². The number of carboxylic acids is 1. The lowest BCUT2D eigenvalue weighted by atomic mass is 9.76. The van der Waals surface area contributed by atoms with Crippen molar-refractivity contribution in [2.24, 2.45) is 23.0 Å². The summed E-state index contributed by atoms with van der Waals surface area (Å²) in [5.41, 5.74) is 9.44. The van der Waals surface area contributed by atoms with Crippen molar-refractivity contribution in [3.63, 3.8) is 0 Å². The number of carbonyl (C=O) groups excluding carboxylic acids is 8. The van der Waals surface area contributed by atoms with Gasteiger partial charge in [0.2, 0.25) is 35.4 Å². The van der Waals surface area contributed by atoms with Gasteiger partial charge in [-0.05, 0) is 102 Å². The average Bonchev–Trinajstić information content (AvgIpc) is 1.31. The minimum absolute atomic E-state index is 0.0908. The van der Waals surface area contributed by atoms with E-state index >= 15 is 0 Å². The predicted molar refractivity (Wildman–Crippen MR) is 333 cm³/mol. The number of anilines is 3. The second kappa shape index (κ2) is 30.8. The number of para-hydroxylation sites is 1. The number of carbonyl (C=O) groups is 9. The van der Waals surface area contributed by atoms with Gasteiger partial charge in [0.15, 0.2) is 0 Å². The van der Waals surface area contributed by atoms with Crippen LogP contribution in [0.1, 0.15) is 123 Å². The van der Waals surface area contributed by atoms with Gasteiger partial charge in [0.25, 0.3) is 0 Å². The zero-order valence-corrected chi connectivity index (χ0v) is 51.5. The number of aliphatic carboxylic acids is 1. The van der Waals surface area contributed by atoms with E-state index in [-0.39, 0.29) is 62.1 Å². The van der Waals surface area contributed by atoms with Crippen LogP contribution in [0.2, 0.25) is 0 Å². The van der Waals surface area contributed by atoms with E-state index < -0.39 is 88.7 Å². The summed E-state index contributed by atoms with van der Waals surface area (Å²) in [7, 11) is 3.26. The maximum atomic E-state index is 14.1. The highest BCUT2D eigenvalue weighted by atomic mass is 16.5. The quantitative estimate of drug-likeness (QED) is 0.0214. The molecule has 0 unspecified atom stereocenters. The van der Waals surface area contributed by atoms with E-state index in [2.05, 4.69) is 37.2 Å². The highest BCUT2D eigenvalue weighted by molar-refractivity contribution is 6.00. The molecule has 4 aromatic carbocycles. The van der Waals surface area contributed by atoms with Crippen LogP contribution in [0, 0.1) is 17.3 Å². The van der Waals surface area contributed by atoms with Crippen LogP contribution >= 0.6 is 0 Å². The van der Waals surface area contributed by atoms with Gasteiger partial charge in [-0.2, -0.15) is 0 Å². The zero-order chi connectivity index (χ0) is 63.6. The van der Waals surface area contributed by atoms with Gasteiger partial charge in [-0.15, -0.1) is 0 Å². The fraction of sp³-hybridized carbons (Fsp3) is 0.431. The minimum atomic E-state index is -1.11. The Hall–Kier alpha value is -8.85. The molecule has 0 aliphatic carbocycles. The lowest BCUT2D eigenvalue weighted by Crippen LogP contribution is -2.61. The first-order chi connectivity index (χ1) is 40.5. The number of amides is 9. The molecule has 0 aromatic heterocycles. The Kier molecular flexibility index (Phi) is 24.3. The summed E-state index contributed by atoms with van der Waals surface area (Å²) in [6, 6.07) is 23.5. The van der Waals surface area contributed by atoms with Gasteiger partial charge in [-0.25, -0.2) is 14.4 Å². The molecule has 21 nitrogen and oxygen atoms in total. The van der Waals surface area contributed by atoms with Crippen molar-refractivity contribution in [3.8, 4) is 0 Å². The summed E-state index contributed by atoms with van der Waals surface area (Å²) in [6.45, 7) is 18.4. The van der Waals surface area contributed by atoms with E-state index in [1.165, 1.54) is 11.8 Å². The number of nitrogens with two attached hydrogens (primary N) is 1. The first kappa shape index (κ1) is 67.9. The lowest BCUT2D eigenvalue weighted by Gasteiger charge is -2.40. The Bertz CT molecular complexity index is 3130. The number of nitrogens with one attached hydrogen (secondary N) is 7. The standard InChI is InChI=1S/C65H86N10O11/c1-39(2)51(36-41(5)61(82)83)74(12)60(81)56(64(6,7)8)73-59(80)55(67-11)65(9,10)46-27-31-48(32-28-46)70-63(85)86-38-42-23-29-47(30-24-42)69-57(78)49(21-17-35-68-62(66)84)71-58(79)54(40(3)4)72-52(76)33-34-53(77)75-37-45-20-14-13-18-43(45)25-26-44-19-15-16-22-50(44)75/h13-16,18-20,22-32,36,39-40,49,51,54-56,67H,17,21,33-35,37-38H2,1-12H3,(H,69,78)(H,70,85)(H,71,79)(H,72,76)(H,73,80)(H,82,83)(H3,66,68,84)/b26-25-,41-36+/t49-,51+,54-,55-,56+/m0/s1. The second-order valence-corrected chi connectivity index (χ2v) is 23.9. The van der Waals surface area contributed by atoms with Crippen LogP contribution in [0.15, 0.2) is 109 Å². The molecule has 9 amide bonds. The highest BCUT2D eigenvalue weighted by Crippen LogP contribution is 2.32. The summed E-state index contributed by atoms with van der Waals surface area (Å²) < 4.78 is 5.51. The predicted octanol–water partition coefficient (Wildman–Crippen LogP) is 7.86. The molecule has 21 heteroatoms. The first-order valence-electron chi connectivity index (χ1n) is 28.9. The molecule has 0 radical (unpaired) electrons. The monoisotopic (exact) mass is 1180 g/mol. The maximum absolute atomic E-state index is 14.1. The Labute approximate surface area is 504 Å². The highest BCUT2D eigenvalue weighted by Gasteiger charge is 2.42. The normalized spacial score (nSPS) is 14.5. The molecule has 1 heterocycles. The number of ether oxygens (including phenoxy) is 1. The number of likely N-dealkylation sites (N-methyl/N-ethyl adjacent to an activating group) is 2. The van der Waals surface area contributed by atoms with Gasteiger partial charge < -0.3 is 57.3 Å². The SMILES string of the molecule is CN[C@@H](C(=O)N[C@H](C(=O)N(C)[C@H](/C=C(\C)C(=O)O)C(C)C)C(C)(C)C)C(C)(C)c1ccc(NC(=O)OCc2ccc(NC(=O)[C@H](CCCNC(N)=O)NC(=O)[C@@H](NC(=O)CCC(=O)N3Cc4ccccc4/C=C\c4ccccc43)C(C)C)cc2)cc1. The van der Waals surface area contributed by atoms with Crippen molar-refractivity contribution < 1.29 is 53.0 Å². The molecular weight excluding hydrogens is 1100 g/mol. The molecule has 5 rings (SSSR count). The van der Waals surface area contributed by atoms with Crippen molar-refractivity contribution in [2.45, 2.75) is 144 Å². The molecule has 4 aromatic rings. The summed E-state index contributed by atoms with van der Waals surface area (Å²) in [4.78, 5) is 123. The number of urea groups is 1. The third-order valence-corrected chi connectivity index (χ3v) is 15.2. The molecule has 0 spiro atoms. The molecule has 5 atom stereocenters. The number of hydrogen-bond acceptors (Lipinski definition) is 11. The number of rotatable bonds is 26. The molecule has 86 heavy (non-hydrogen) atoms. The summed E-state index contributed by atoms with van der Waals surface area (Å²) >= 11 is 0. The van der Waals surface area contributed by atoms with E-state index in [9.17, 15) is 48.3 Å². The molecule has 462 valence electrons. The van der Waals surface area contributed by atoms with E-state index in [4.69, 9.17) is 10.5 Å². The summed E-state index contributed by atoms with van der Waals surface area (Å²) in [5.74, 6) is -4.38. The van der Waals surface area contributed by atoms with Crippen molar-refractivity contribution in [2.75, 3.05) is 36.2 Å². The number of primary amides is 1. The Morgan fingerprint density at radius 3 is 1.93 bits per heavy atom. The Morgan fingerprint density at radius 1 is 0.721 bits per heavy atom. The van der Waals surface area contributed by atoms with Crippen LogP contribution < -0.4 is 47.9 Å². The smallest absolute Gasteiger partial charge is 0.411 e. The van der Waals surface area contributed by atoms with Crippen molar-refractivity contribution in [3.05, 3.63) is 137 Å². The average molecular weight is 1180 g/mol. The van der Waals surface area contributed by atoms with Gasteiger partial charge in [0, 0.05) is 48.8 Å². The van der Waals surface area contributed by atoms with Gasteiger partial charge >= 0.3 is 18.1 Å². The molecule has 1 aliphatic rings. The van der Waals surface area contributed by atoms with Crippen LogP contribution in [0.3, 0.4) is 0 Å². The third kappa shape index (κ3) is 19.1. The Morgan fingerprint density at radius 2 is 1.33 bits per heavy atom. The second-order valence-electron chi connectivity index (χ2n) is 23.9. The first-order valence-corrected chi connectivity index (χ1v) is 28.9. The number of benzene rings is 4. The minimum Gasteiger partial charge on any atom is -0.478 e. The van der Waals surface area contributed by atoms with Crippen molar-refractivity contribution in [1.29, 1.82) is 0 Å². The number of hydrogen-bond donors (Lipinski definition) is 9. The van der Waals surface area contributed by atoms with E-state index in [0.29, 0.717) is 29.2 Å². The molecule has 10 N–H and O–H groups in total. The van der Waals surface area contributed by atoms with E-state index in [1.807, 2.05) is 109 Å². The topological polar surface area (TPSA) is 300 Å². The van der Waals surface area contributed by atoms with Crippen LogP contribution in [-0.2, 0) is 56.9 Å². The molecule has 0 saturated carbocycles. The zero-order valence-electron chi connectivity index (χ0n) is 51.5. The van der Waals surface area contributed by atoms with Crippen molar-refractivity contribution >= 4 is 82.8 Å². The third-order valence-electron chi connectivity index (χ3n) is 15.2. The summed E-state index contributed by atoms with van der Waals surface area (Å²) in [6.07, 6.45) is 4.81. The van der Waals surface area contributed by atoms with E-state index in [0.717, 1.165) is 22.3 Å².